The molecule has 0 saturated carbocycles. The van der Waals surface area contributed by atoms with Gasteiger partial charge in [0.2, 0.25) is 0 Å². The molecule has 0 aliphatic carbocycles. The second kappa shape index (κ2) is 14.6. The van der Waals surface area contributed by atoms with Gasteiger partial charge in [0.05, 0.1) is 39.2 Å². The van der Waals surface area contributed by atoms with Crippen LogP contribution in [0.2, 0.25) is 18.6 Å². The summed E-state index contributed by atoms with van der Waals surface area (Å²) < 4.78 is 14.5. The van der Waals surface area contributed by atoms with Crippen molar-refractivity contribution in [1.29, 1.82) is 0 Å². The number of amides is 2. The molecular formula is C41H46N6O5Si. The minimum Gasteiger partial charge on any atom is -0.497 e. The summed E-state index contributed by atoms with van der Waals surface area (Å²) in [6.45, 7) is 7.86. The third-order valence-electron chi connectivity index (χ3n) is 11.1. The van der Waals surface area contributed by atoms with Crippen LogP contribution >= 0.6 is 0 Å². The highest BCUT2D eigenvalue weighted by Gasteiger charge is 2.66. The van der Waals surface area contributed by atoms with Gasteiger partial charge in [-0.1, -0.05) is 72.9 Å². The van der Waals surface area contributed by atoms with E-state index in [2.05, 4.69) is 47.8 Å². The van der Waals surface area contributed by atoms with Crippen LogP contribution in [0.25, 0.3) is 0 Å². The van der Waals surface area contributed by atoms with Crippen LogP contribution in [0.15, 0.2) is 103 Å². The molecule has 1 saturated heterocycles. The molecule has 0 unspecified atom stereocenters. The summed E-state index contributed by atoms with van der Waals surface area (Å²) in [5.74, 6) is 0.377. The number of aryl methyl sites for hydroxylation is 1. The zero-order valence-corrected chi connectivity index (χ0v) is 31.5. The number of anilines is 3. The number of methoxy groups -OCH3 is 1. The van der Waals surface area contributed by atoms with Crippen LogP contribution in [0, 0.1) is 5.92 Å². The third kappa shape index (κ3) is 6.73. The van der Waals surface area contributed by atoms with Gasteiger partial charge >= 0.3 is 0 Å². The predicted molar refractivity (Wildman–Crippen MR) is 208 cm³/mol. The van der Waals surface area contributed by atoms with Gasteiger partial charge in [-0.2, -0.15) is 0 Å². The molecular weight excluding hydrogens is 685 g/mol. The minimum absolute atomic E-state index is 0.0113. The molecule has 7 rings (SSSR count). The Bertz CT molecular complexity index is 2090. The van der Waals surface area contributed by atoms with Crippen molar-refractivity contribution in [3.05, 3.63) is 126 Å². The average molecular weight is 731 g/mol. The van der Waals surface area contributed by atoms with Gasteiger partial charge in [0.25, 0.3) is 11.8 Å². The predicted octanol–water partition coefficient (Wildman–Crippen LogP) is 5.51. The molecule has 11 nitrogen and oxygen atoms in total. The van der Waals surface area contributed by atoms with Crippen molar-refractivity contribution >= 4 is 42.1 Å². The molecule has 12 heteroatoms. The van der Waals surface area contributed by atoms with Gasteiger partial charge in [-0.25, -0.2) is 0 Å². The Morgan fingerprint density at radius 3 is 2.43 bits per heavy atom. The first kappa shape index (κ1) is 36.1. The van der Waals surface area contributed by atoms with Gasteiger partial charge < -0.3 is 30.5 Å². The van der Waals surface area contributed by atoms with Gasteiger partial charge in [-0.3, -0.25) is 14.3 Å². The first-order valence-corrected chi connectivity index (χ1v) is 21.1. The minimum atomic E-state index is -2.31. The number of benzene rings is 4. The van der Waals surface area contributed by atoms with Crippen molar-refractivity contribution in [2.24, 2.45) is 5.92 Å². The smallest absolute Gasteiger partial charge is 0.264 e. The van der Waals surface area contributed by atoms with E-state index in [9.17, 15) is 9.90 Å². The monoisotopic (exact) mass is 730 g/mol. The van der Waals surface area contributed by atoms with E-state index in [0.717, 1.165) is 28.3 Å². The van der Waals surface area contributed by atoms with Crippen LogP contribution in [-0.4, -0.2) is 59.8 Å². The second-order valence-corrected chi connectivity index (χ2v) is 19.3. The van der Waals surface area contributed by atoms with E-state index >= 15 is 4.79 Å². The van der Waals surface area contributed by atoms with E-state index in [1.807, 2.05) is 76.4 Å². The molecule has 4 aromatic carbocycles. The number of aliphatic hydroxyl groups excluding tert-OH is 1. The summed E-state index contributed by atoms with van der Waals surface area (Å²) in [4.78, 5) is 29.7. The molecule has 0 radical (unpaired) electrons. The van der Waals surface area contributed by atoms with E-state index < -0.39 is 13.7 Å². The van der Waals surface area contributed by atoms with E-state index in [4.69, 9.17) is 15.2 Å². The summed E-state index contributed by atoms with van der Waals surface area (Å²) in [5.41, 5.74) is 9.85. The fraction of sp³-hybridized carbons (Fsp3) is 0.317. The first-order valence-electron chi connectivity index (χ1n) is 18.0. The number of rotatable bonds is 12. The molecule has 0 bridgehead atoms. The highest BCUT2D eigenvalue weighted by molar-refractivity contribution is 6.91. The Morgan fingerprint density at radius 1 is 1.02 bits per heavy atom. The molecule has 1 spiro atoms. The number of nitrogen functional groups attached to an aromatic ring is 1. The van der Waals surface area contributed by atoms with Gasteiger partial charge in [-0.05, 0) is 72.1 Å². The maximum Gasteiger partial charge on any atom is 0.264 e. The van der Waals surface area contributed by atoms with Crippen LogP contribution in [-0.2, 0) is 34.6 Å². The van der Waals surface area contributed by atoms with Crippen LogP contribution in [0.5, 0.6) is 5.75 Å². The number of hydrogen-bond donors (Lipinski definition) is 3. The number of aromatic nitrogens is 3. The maximum absolute atomic E-state index is 15.1. The molecule has 4 N–H and O–H groups in total. The number of para-hydroxylation sites is 1. The van der Waals surface area contributed by atoms with Crippen molar-refractivity contribution in [3.8, 4) is 5.75 Å². The summed E-state index contributed by atoms with van der Waals surface area (Å²) in [5, 5.41) is 22.1. The lowest BCUT2D eigenvalue weighted by molar-refractivity contribution is -0.146. The van der Waals surface area contributed by atoms with Crippen molar-refractivity contribution in [2.75, 3.05) is 29.7 Å². The molecule has 5 aromatic rings. The topological polar surface area (TPSA) is 145 Å². The normalized spacial score (nSPS) is 20.9. The van der Waals surface area contributed by atoms with E-state index in [0.29, 0.717) is 42.9 Å². The first-order chi connectivity index (χ1) is 25.5. The lowest BCUT2D eigenvalue weighted by Crippen LogP contribution is -2.51. The lowest BCUT2D eigenvalue weighted by Gasteiger charge is -2.37. The van der Waals surface area contributed by atoms with Crippen LogP contribution in [0.3, 0.4) is 0 Å². The van der Waals surface area contributed by atoms with Gasteiger partial charge in [-0.15, -0.1) is 5.10 Å². The Hall–Kier alpha value is -5.30. The molecule has 1 fully saturated rings. The van der Waals surface area contributed by atoms with Crippen LogP contribution < -0.4 is 25.9 Å². The number of fused-ring (bicyclic) bond motifs is 2. The SMILES string of the molecule is COc1ccc([Si](C)(C)[C@@H]2[C@@H](CCn3cc(CCO)nn3)O[C@]3(C(=O)N(Cc4ccc(NC(=O)c5ccc(N)cc5)cc4)c4ccccc43)[C@H]2C)cc1. The zero-order chi connectivity index (χ0) is 37.3. The second-order valence-electron chi connectivity index (χ2n) is 14.6. The summed E-state index contributed by atoms with van der Waals surface area (Å²) >= 11 is 0. The fourth-order valence-corrected chi connectivity index (χ4v) is 12.4. The van der Waals surface area contributed by atoms with Crippen molar-refractivity contribution in [2.45, 2.75) is 63.2 Å². The fourth-order valence-electron chi connectivity index (χ4n) is 8.34. The Morgan fingerprint density at radius 2 is 1.74 bits per heavy atom. The standard InChI is InChI=1S/C41H46N6O5Si/c1-27-38(53(3,4)34-19-17-33(51-2)18-20-34)37(21-23-46-26-32(22-24-48)44-45-46)52-41(27)35-7-5-6-8-36(35)47(40(41)50)25-28-9-15-31(16-10-28)43-39(49)29-11-13-30(42)14-12-29/h5-20,26-27,37-38,48H,21-25,42H2,1-4H3,(H,43,49)/t27-,37+,38-,41+/m0/s1. The number of aliphatic hydroxyl groups is 1. The quantitative estimate of drug-likeness (QED) is 0.113. The maximum atomic E-state index is 15.1. The molecule has 53 heavy (non-hydrogen) atoms. The molecule has 2 aliphatic rings. The highest BCUT2D eigenvalue weighted by Crippen LogP contribution is 2.60. The summed E-state index contributed by atoms with van der Waals surface area (Å²) in [6.07, 6.45) is 2.73. The Balaban J connectivity index is 1.18. The van der Waals surface area contributed by atoms with E-state index in [1.54, 1.807) is 31.4 Å². The van der Waals surface area contributed by atoms with Crippen LogP contribution in [0.4, 0.5) is 17.1 Å². The number of hydrogen-bond acceptors (Lipinski definition) is 8. The van der Waals surface area contributed by atoms with E-state index in [-0.39, 0.29) is 36.0 Å². The lowest BCUT2D eigenvalue weighted by atomic mass is 9.82. The largest absolute Gasteiger partial charge is 0.497 e. The summed E-state index contributed by atoms with van der Waals surface area (Å²) in [6, 6.07) is 30.7. The third-order valence-corrected chi connectivity index (χ3v) is 15.4. The zero-order valence-electron chi connectivity index (χ0n) is 30.5. The van der Waals surface area contributed by atoms with Crippen LogP contribution in [0.1, 0.15) is 40.5 Å². The molecule has 274 valence electrons. The van der Waals surface area contributed by atoms with Gasteiger partial charge in [0.1, 0.15) is 5.75 Å². The molecule has 2 amide bonds. The Kier molecular flexibility index (Phi) is 9.94. The molecule has 1 aromatic heterocycles. The Labute approximate surface area is 310 Å². The highest BCUT2D eigenvalue weighted by atomic mass is 28.3. The molecule has 2 aliphatic heterocycles. The van der Waals surface area contributed by atoms with Crippen molar-refractivity contribution in [1.82, 2.24) is 15.0 Å². The van der Waals surface area contributed by atoms with Gasteiger partial charge in [0.15, 0.2) is 5.60 Å². The number of nitrogens with two attached hydrogens (primary N) is 1. The average Bonchev–Trinajstić information content (AvgIpc) is 3.81. The number of ether oxygens (including phenoxy) is 2. The summed E-state index contributed by atoms with van der Waals surface area (Å²) in [7, 11) is -0.641. The number of carbonyl (C=O) groups excluding carboxylic acids is 2. The molecule has 4 atom stereocenters. The number of nitrogens with one attached hydrogen (secondary N) is 1. The van der Waals surface area contributed by atoms with Gasteiger partial charge in [0, 0.05) is 54.2 Å². The number of nitrogens with zero attached hydrogens (tertiary/aromatic N) is 4. The molecule has 3 heterocycles. The van der Waals surface area contributed by atoms with Crippen molar-refractivity contribution < 1.29 is 24.2 Å². The number of carbonyl (C=O) groups is 2. The van der Waals surface area contributed by atoms with Crippen molar-refractivity contribution in [3.63, 3.8) is 0 Å². The van der Waals surface area contributed by atoms with E-state index in [1.165, 1.54) is 5.19 Å².